The first-order valence-corrected chi connectivity index (χ1v) is 9.31. The molecule has 0 fully saturated rings. The molecule has 0 atom stereocenters. The number of nitrogens with one attached hydrogen (secondary N) is 2. The van der Waals surface area contributed by atoms with Gasteiger partial charge in [-0.05, 0) is 50.6 Å². The number of para-hydroxylation sites is 2. The average molecular weight is 399 g/mol. The van der Waals surface area contributed by atoms with Gasteiger partial charge < -0.3 is 20.1 Å². The summed E-state index contributed by atoms with van der Waals surface area (Å²) in [6.45, 7) is 5.91. The highest BCUT2D eigenvalue weighted by atomic mass is 35.5. The van der Waals surface area contributed by atoms with E-state index in [9.17, 15) is 0 Å². The van der Waals surface area contributed by atoms with E-state index in [1.54, 1.807) is 25.4 Å². The molecule has 7 heteroatoms. The van der Waals surface area contributed by atoms with E-state index in [2.05, 4.69) is 20.6 Å². The van der Waals surface area contributed by atoms with Gasteiger partial charge in [-0.2, -0.15) is 4.98 Å². The van der Waals surface area contributed by atoms with Gasteiger partial charge in [-0.1, -0.05) is 23.7 Å². The molecule has 0 saturated carbocycles. The average Bonchev–Trinajstić information content (AvgIpc) is 2.66. The minimum Gasteiger partial charge on any atom is -0.495 e. The molecule has 0 spiro atoms. The fourth-order valence-electron chi connectivity index (χ4n) is 2.60. The third kappa shape index (κ3) is 4.84. The predicted octanol–water partition coefficient (Wildman–Crippen LogP) is 5.72. The number of hydrogen-bond acceptors (Lipinski definition) is 6. The summed E-state index contributed by atoms with van der Waals surface area (Å²) in [6, 6.07) is 13.2. The summed E-state index contributed by atoms with van der Waals surface area (Å²) in [5.41, 5.74) is 2.50. The third-order valence-electron chi connectivity index (χ3n) is 3.90. The number of hydrogen-bond donors (Lipinski definition) is 2. The number of methoxy groups -OCH3 is 1. The molecule has 2 N–H and O–H groups in total. The van der Waals surface area contributed by atoms with Gasteiger partial charge in [0.05, 0.1) is 24.6 Å². The van der Waals surface area contributed by atoms with Gasteiger partial charge in [0.2, 0.25) is 5.95 Å². The highest BCUT2D eigenvalue weighted by Crippen LogP contribution is 2.33. The molecule has 0 aliphatic rings. The second-order valence-corrected chi connectivity index (χ2v) is 6.89. The number of nitrogens with zero attached hydrogens (tertiary/aromatic N) is 2. The molecule has 0 saturated heterocycles. The lowest BCUT2D eigenvalue weighted by Gasteiger charge is -2.16. The van der Waals surface area contributed by atoms with Crippen LogP contribution in [0.4, 0.5) is 23.1 Å². The zero-order chi connectivity index (χ0) is 20.1. The van der Waals surface area contributed by atoms with Crippen molar-refractivity contribution in [2.45, 2.75) is 26.9 Å². The van der Waals surface area contributed by atoms with Crippen LogP contribution in [0.3, 0.4) is 0 Å². The standard InChI is InChI=1S/C21H23ClN4O2/c1-13(2)28-18-8-6-5-7-16(18)24-20-9-10-23-21(26-20)25-17-11-14(3)15(22)12-19(17)27-4/h5-13H,1-4H3,(H2,23,24,25,26). The van der Waals surface area contributed by atoms with Gasteiger partial charge in [-0.3, -0.25) is 0 Å². The van der Waals surface area contributed by atoms with Crippen LogP contribution in [-0.2, 0) is 0 Å². The summed E-state index contributed by atoms with van der Waals surface area (Å²) in [5, 5.41) is 7.11. The molecule has 0 aliphatic carbocycles. The normalized spacial score (nSPS) is 10.6. The molecule has 0 unspecified atom stereocenters. The molecule has 1 heterocycles. The monoisotopic (exact) mass is 398 g/mol. The van der Waals surface area contributed by atoms with Gasteiger partial charge >= 0.3 is 0 Å². The summed E-state index contributed by atoms with van der Waals surface area (Å²) < 4.78 is 11.2. The first-order chi connectivity index (χ1) is 13.5. The van der Waals surface area contributed by atoms with Crippen LogP contribution in [-0.4, -0.2) is 23.2 Å². The Kier molecular flexibility index (Phi) is 6.21. The Morgan fingerprint density at radius 1 is 1.00 bits per heavy atom. The quantitative estimate of drug-likeness (QED) is 0.530. The summed E-state index contributed by atoms with van der Waals surface area (Å²) in [6.07, 6.45) is 1.75. The van der Waals surface area contributed by atoms with E-state index in [-0.39, 0.29) is 6.10 Å². The Bertz CT molecular complexity index is 963. The molecule has 0 aliphatic heterocycles. The first-order valence-electron chi connectivity index (χ1n) is 8.93. The van der Waals surface area contributed by atoms with Crippen molar-refractivity contribution < 1.29 is 9.47 Å². The van der Waals surface area contributed by atoms with Crippen LogP contribution in [0.25, 0.3) is 0 Å². The lowest BCUT2D eigenvalue weighted by atomic mass is 10.2. The van der Waals surface area contributed by atoms with E-state index in [0.717, 1.165) is 22.7 Å². The van der Waals surface area contributed by atoms with E-state index in [0.29, 0.717) is 22.5 Å². The molecular weight excluding hydrogens is 376 g/mol. The minimum absolute atomic E-state index is 0.0752. The maximum absolute atomic E-state index is 6.17. The Labute approximate surface area is 169 Å². The number of aromatic nitrogens is 2. The molecule has 0 bridgehead atoms. The highest BCUT2D eigenvalue weighted by molar-refractivity contribution is 6.31. The van der Waals surface area contributed by atoms with Crippen LogP contribution in [0.2, 0.25) is 5.02 Å². The maximum Gasteiger partial charge on any atom is 0.229 e. The Morgan fingerprint density at radius 2 is 1.79 bits per heavy atom. The van der Waals surface area contributed by atoms with Crippen LogP contribution < -0.4 is 20.1 Å². The van der Waals surface area contributed by atoms with Gasteiger partial charge in [0.1, 0.15) is 17.3 Å². The molecular formula is C21H23ClN4O2. The number of anilines is 4. The van der Waals surface area contributed by atoms with E-state index in [4.69, 9.17) is 21.1 Å². The Morgan fingerprint density at radius 3 is 2.54 bits per heavy atom. The van der Waals surface area contributed by atoms with Crippen LogP contribution >= 0.6 is 11.6 Å². The fourth-order valence-corrected chi connectivity index (χ4v) is 2.76. The molecule has 2 aromatic carbocycles. The largest absolute Gasteiger partial charge is 0.495 e. The van der Waals surface area contributed by atoms with Gasteiger partial charge in [-0.15, -0.1) is 0 Å². The van der Waals surface area contributed by atoms with Gasteiger partial charge in [-0.25, -0.2) is 4.98 Å². The lowest BCUT2D eigenvalue weighted by molar-refractivity contribution is 0.244. The number of halogens is 1. The molecule has 0 radical (unpaired) electrons. The molecule has 1 aromatic heterocycles. The van der Waals surface area contributed by atoms with Crippen molar-refractivity contribution in [3.8, 4) is 11.5 Å². The van der Waals surface area contributed by atoms with Crippen molar-refractivity contribution in [3.05, 3.63) is 59.2 Å². The van der Waals surface area contributed by atoms with Gasteiger partial charge in [0.15, 0.2) is 0 Å². The van der Waals surface area contributed by atoms with Crippen molar-refractivity contribution >= 4 is 34.7 Å². The van der Waals surface area contributed by atoms with Crippen LogP contribution in [0.15, 0.2) is 48.7 Å². The van der Waals surface area contributed by atoms with E-state index < -0.39 is 0 Å². The van der Waals surface area contributed by atoms with Crippen molar-refractivity contribution in [1.82, 2.24) is 9.97 Å². The summed E-state index contributed by atoms with van der Waals surface area (Å²) in [4.78, 5) is 8.83. The van der Waals surface area contributed by atoms with Gasteiger partial charge in [0.25, 0.3) is 0 Å². The summed E-state index contributed by atoms with van der Waals surface area (Å²) in [7, 11) is 1.59. The zero-order valence-electron chi connectivity index (χ0n) is 16.3. The van der Waals surface area contributed by atoms with Crippen LogP contribution in [0.5, 0.6) is 11.5 Å². The van der Waals surface area contributed by atoms with Crippen molar-refractivity contribution in [3.63, 3.8) is 0 Å². The van der Waals surface area contributed by atoms with Crippen molar-refractivity contribution in [2.75, 3.05) is 17.7 Å². The zero-order valence-corrected chi connectivity index (χ0v) is 17.0. The molecule has 28 heavy (non-hydrogen) atoms. The van der Waals surface area contributed by atoms with E-state index in [1.807, 2.05) is 51.1 Å². The molecule has 3 rings (SSSR count). The van der Waals surface area contributed by atoms with Crippen molar-refractivity contribution in [1.29, 1.82) is 0 Å². The maximum atomic E-state index is 6.17. The fraction of sp³-hybridized carbons (Fsp3) is 0.238. The van der Waals surface area contributed by atoms with E-state index in [1.165, 1.54) is 0 Å². The molecule has 0 amide bonds. The number of aryl methyl sites for hydroxylation is 1. The second kappa shape index (κ2) is 8.80. The predicted molar refractivity (Wildman–Crippen MR) is 114 cm³/mol. The summed E-state index contributed by atoms with van der Waals surface area (Å²) in [5.74, 6) is 2.46. The smallest absolute Gasteiger partial charge is 0.229 e. The minimum atomic E-state index is 0.0752. The topological polar surface area (TPSA) is 68.3 Å². The van der Waals surface area contributed by atoms with Gasteiger partial charge in [0, 0.05) is 17.3 Å². The number of ether oxygens (including phenoxy) is 2. The number of rotatable bonds is 7. The van der Waals surface area contributed by atoms with Crippen LogP contribution in [0.1, 0.15) is 19.4 Å². The highest BCUT2D eigenvalue weighted by Gasteiger charge is 2.10. The van der Waals surface area contributed by atoms with Crippen LogP contribution in [0, 0.1) is 6.92 Å². The lowest BCUT2D eigenvalue weighted by Crippen LogP contribution is -2.08. The third-order valence-corrected chi connectivity index (χ3v) is 4.30. The SMILES string of the molecule is COc1cc(Cl)c(C)cc1Nc1nccc(Nc2ccccc2OC(C)C)n1. The van der Waals surface area contributed by atoms with E-state index >= 15 is 0 Å². The molecule has 3 aromatic rings. The summed E-state index contributed by atoms with van der Waals surface area (Å²) >= 11 is 6.17. The molecule has 146 valence electrons. The first kappa shape index (κ1) is 19.8. The Balaban J connectivity index is 1.84. The second-order valence-electron chi connectivity index (χ2n) is 6.48. The Hall–Kier alpha value is -2.99. The van der Waals surface area contributed by atoms with Crippen molar-refractivity contribution in [2.24, 2.45) is 0 Å². The molecule has 6 nitrogen and oxygen atoms in total. The number of benzene rings is 2.